The Morgan fingerprint density at radius 2 is 2.38 bits per heavy atom. The molecule has 0 aliphatic heterocycles. The van der Waals surface area contributed by atoms with Gasteiger partial charge in [-0.25, -0.2) is 4.98 Å². The number of carbonyl (C=O) groups excluding carboxylic acids is 1. The molecular formula is C12H19N3O. The quantitative estimate of drug-likeness (QED) is 0.750. The van der Waals surface area contributed by atoms with E-state index < -0.39 is 0 Å². The van der Waals surface area contributed by atoms with Crippen molar-refractivity contribution in [1.29, 1.82) is 0 Å². The summed E-state index contributed by atoms with van der Waals surface area (Å²) >= 11 is 0. The van der Waals surface area contributed by atoms with E-state index in [-0.39, 0.29) is 11.9 Å². The number of amides is 1. The summed E-state index contributed by atoms with van der Waals surface area (Å²) in [6.07, 6.45) is 7.07. The predicted octanol–water partition coefficient (Wildman–Crippen LogP) is 2.33. The topological polar surface area (TPSA) is 57.8 Å². The molecule has 1 rings (SSSR count). The second-order valence-corrected chi connectivity index (χ2v) is 3.70. The van der Waals surface area contributed by atoms with Gasteiger partial charge in [-0.15, -0.1) is 0 Å². The van der Waals surface area contributed by atoms with E-state index >= 15 is 0 Å². The summed E-state index contributed by atoms with van der Waals surface area (Å²) in [5.41, 5.74) is 0.757. The summed E-state index contributed by atoms with van der Waals surface area (Å²) in [6.45, 7) is 5.86. The van der Waals surface area contributed by atoms with Gasteiger partial charge in [0, 0.05) is 18.0 Å². The lowest BCUT2D eigenvalue weighted by Crippen LogP contribution is -2.29. The smallest absolute Gasteiger partial charge is 0.247 e. The van der Waals surface area contributed by atoms with Gasteiger partial charge < -0.3 is 10.3 Å². The van der Waals surface area contributed by atoms with Gasteiger partial charge in [0.1, 0.15) is 5.82 Å². The van der Waals surface area contributed by atoms with Gasteiger partial charge in [-0.3, -0.25) is 4.79 Å². The van der Waals surface area contributed by atoms with E-state index in [0.29, 0.717) is 0 Å². The summed E-state index contributed by atoms with van der Waals surface area (Å²) in [5.74, 6) is 0.783. The fourth-order valence-corrected chi connectivity index (χ4v) is 1.50. The van der Waals surface area contributed by atoms with Crippen molar-refractivity contribution in [3.63, 3.8) is 0 Å². The maximum absolute atomic E-state index is 11.8. The third kappa shape index (κ3) is 3.22. The Morgan fingerprint density at radius 1 is 1.62 bits per heavy atom. The van der Waals surface area contributed by atoms with Crippen molar-refractivity contribution in [3.8, 4) is 0 Å². The molecule has 0 spiro atoms. The van der Waals surface area contributed by atoms with E-state index in [1.807, 2.05) is 26.8 Å². The molecule has 16 heavy (non-hydrogen) atoms. The zero-order chi connectivity index (χ0) is 12.0. The number of H-pyrrole nitrogens is 1. The van der Waals surface area contributed by atoms with Crippen LogP contribution in [-0.2, 0) is 4.79 Å². The highest BCUT2D eigenvalue weighted by atomic mass is 16.1. The molecule has 1 aromatic rings. The molecule has 1 atom stereocenters. The molecule has 4 heteroatoms. The van der Waals surface area contributed by atoms with Crippen LogP contribution in [0.25, 0.3) is 0 Å². The molecule has 0 aliphatic carbocycles. The van der Waals surface area contributed by atoms with Crippen molar-refractivity contribution < 1.29 is 4.79 Å². The van der Waals surface area contributed by atoms with Gasteiger partial charge in [-0.2, -0.15) is 0 Å². The number of allylic oxidation sites excluding steroid dienone is 1. The zero-order valence-corrected chi connectivity index (χ0v) is 10.1. The molecule has 88 valence electrons. The molecule has 1 aromatic heterocycles. The van der Waals surface area contributed by atoms with Crippen LogP contribution >= 0.6 is 0 Å². The molecule has 0 radical (unpaired) electrons. The van der Waals surface area contributed by atoms with Crippen LogP contribution in [-0.4, -0.2) is 15.9 Å². The first-order valence-corrected chi connectivity index (χ1v) is 5.65. The van der Waals surface area contributed by atoms with Crippen LogP contribution in [0.5, 0.6) is 0 Å². The molecule has 1 unspecified atom stereocenters. The Balaban J connectivity index is 2.65. The van der Waals surface area contributed by atoms with E-state index in [4.69, 9.17) is 0 Å². The van der Waals surface area contributed by atoms with Crippen LogP contribution in [0.15, 0.2) is 24.0 Å². The molecule has 0 bridgehead atoms. The normalized spacial score (nSPS) is 13.6. The maximum atomic E-state index is 11.8. The first-order chi connectivity index (χ1) is 7.69. The molecule has 0 saturated carbocycles. The highest BCUT2D eigenvalue weighted by molar-refractivity contribution is 5.92. The lowest BCUT2D eigenvalue weighted by Gasteiger charge is -2.14. The minimum absolute atomic E-state index is 0.0231. The van der Waals surface area contributed by atoms with Crippen LogP contribution in [0.4, 0.5) is 0 Å². The molecule has 4 nitrogen and oxygen atoms in total. The van der Waals surface area contributed by atoms with E-state index in [0.717, 1.165) is 24.2 Å². The minimum Gasteiger partial charge on any atom is -0.347 e. The molecule has 0 aromatic carbocycles. The summed E-state index contributed by atoms with van der Waals surface area (Å²) in [7, 11) is 0. The Morgan fingerprint density at radius 3 is 2.88 bits per heavy atom. The Labute approximate surface area is 96.2 Å². The van der Waals surface area contributed by atoms with Crippen molar-refractivity contribution in [2.75, 3.05) is 0 Å². The number of hydrogen-bond donors (Lipinski definition) is 2. The minimum atomic E-state index is -0.0392. The van der Waals surface area contributed by atoms with Gasteiger partial charge in [0.05, 0.1) is 6.04 Å². The molecular weight excluding hydrogens is 202 g/mol. The van der Waals surface area contributed by atoms with Crippen LogP contribution in [0, 0.1) is 0 Å². The molecule has 0 aliphatic rings. The number of imidazole rings is 1. The first-order valence-electron chi connectivity index (χ1n) is 5.65. The van der Waals surface area contributed by atoms with Gasteiger partial charge in [0.25, 0.3) is 0 Å². The van der Waals surface area contributed by atoms with E-state index in [1.165, 1.54) is 0 Å². The van der Waals surface area contributed by atoms with Crippen LogP contribution in [0.3, 0.4) is 0 Å². The monoisotopic (exact) mass is 221 g/mol. The first kappa shape index (κ1) is 12.5. The van der Waals surface area contributed by atoms with Gasteiger partial charge in [0.2, 0.25) is 5.91 Å². The lowest BCUT2D eigenvalue weighted by atomic mass is 10.1. The van der Waals surface area contributed by atoms with E-state index in [9.17, 15) is 4.79 Å². The molecule has 2 N–H and O–H groups in total. The lowest BCUT2D eigenvalue weighted by molar-refractivity contribution is -0.118. The third-order valence-corrected chi connectivity index (χ3v) is 2.43. The van der Waals surface area contributed by atoms with Gasteiger partial charge in [0.15, 0.2) is 0 Å². The number of rotatable bonds is 5. The summed E-state index contributed by atoms with van der Waals surface area (Å²) < 4.78 is 0. The van der Waals surface area contributed by atoms with Crippen molar-refractivity contribution >= 4 is 5.91 Å². The number of nitrogens with one attached hydrogen (secondary N) is 2. The molecule has 0 fully saturated rings. The van der Waals surface area contributed by atoms with Gasteiger partial charge >= 0.3 is 0 Å². The predicted molar refractivity (Wildman–Crippen MR) is 63.8 cm³/mol. The van der Waals surface area contributed by atoms with Gasteiger partial charge in [-0.05, 0) is 19.8 Å². The fourth-order valence-electron chi connectivity index (χ4n) is 1.50. The Kier molecular flexibility index (Phi) is 4.76. The van der Waals surface area contributed by atoms with Crippen LogP contribution in [0.1, 0.15) is 45.5 Å². The van der Waals surface area contributed by atoms with Crippen LogP contribution < -0.4 is 5.32 Å². The van der Waals surface area contributed by atoms with Gasteiger partial charge in [-0.1, -0.05) is 19.9 Å². The van der Waals surface area contributed by atoms with E-state index in [1.54, 1.807) is 12.4 Å². The molecule has 0 saturated heterocycles. The van der Waals surface area contributed by atoms with Crippen molar-refractivity contribution in [2.24, 2.45) is 0 Å². The van der Waals surface area contributed by atoms with Crippen molar-refractivity contribution in [1.82, 2.24) is 15.3 Å². The molecule has 1 amide bonds. The average molecular weight is 221 g/mol. The standard InChI is InChI=1S/C12H19N3O/c1-4-6-9(3)12(16)15-10(5-2)11-13-7-8-14-11/h6-8,10H,4-5H2,1-3H3,(H,13,14)(H,15,16)/b9-6-. The molecule has 1 heterocycles. The SMILES string of the molecule is CC/C=C(/C)C(=O)NC(CC)c1ncc[nH]1. The number of carbonyl (C=O) groups is 1. The average Bonchev–Trinajstić information content (AvgIpc) is 2.79. The second-order valence-electron chi connectivity index (χ2n) is 3.70. The van der Waals surface area contributed by atoms with E-state index in [2.05, 4.69) is 15.3 Å². The van der Waals surface area contributed by atoms with Crippen molar-refractivity contribution in [2.45, 2.75) is 39.7 Å². The number of nitrogens with zero attached hydrogens (tertiary/aromatic N) is 1. The highest BCUT2D eigenvalue weighted by Gasteiger charge is 2.14. The maximum Gasteiger partial charge on any atom is 0.247 e. The third-order valence-electron chi connectivity index (χ3n) is 2.43. The number of aromatic amines is 1. The Hall–Kier alpha value is -1.58. The number of aromatic nitrogens is 2. The number of hydrogen-bond acceptors (Lipinski definition) is 2. The zero-order valence-electron chi connectivity index (χ0n) is 10.1. The van der Waals surface area contributed by atoms with Crippen LogP contribution in [0.2, 0.25) is 0 Å². The second kappa shape index (κ2) is 6.10. The summed E-state index contributed by atoms with van der Waals surface area (Å²) in [6, 6.07) is -0.0392. The largest absolute Gasteiger partial charge is 0.347 e. The van der Waals surface area contributed by atoms with Crippen molar-refractivity contribution in [3.05, 3.63) is 29.9 Å². The summed E-state index contributed by atoms with van der Waals surface area (Å²) in [5, 5.41) is 2.95. The Bertz CT molecular complexity index is 354. The fraction of sp³-hybridized carbons (Fsp3) is 0.500. The highest BCUT2D eigenvalue weighted by Crippen LogP contribution is 2.12. The summed E-state index contributed by atoms with van der Waals surface area (Å²) in [4.78, 5) is 19.0.